The number of halogens is 1. The van der Waals surface area contributed by atoms with Crippen molar-refractivity contribution in [3.63, 3.8) is 0 Å². The Bertz CT molecular complexity index is 454. The van der Waals surface area contributed by atoms with Crippen LogP contribution in [0.3, 0.4) is 0 Å². The Labute approximate surface area is 93.2 Å². The van der Waals surface area contributed by atoms with Crippen molar-refractivity contribution in [2.75, 3.05) is 14.2 Å². The highest BCUT2D eigenvalue weighted by Gasteiger charge is 2.32. The van der Waals surface area contributed by atoms with Gasteiger partial charge in [0.1, 0.15) is 0 Å². The summed E-state index contributed by atoms with van der Waals surface area (Å²) in [5.74, 6) is -0.338. The van der Waals surface area contributed by atoms with Crippen molar-refractivity contribution in [2.45, 2.75) is 13.3 Å². The molecule has 2 rings (SSSR count). The van der Waals surface area contributed by atoms with Crippen LogP contribution in [-0.4, -0.2) is 20.0 Å². The Hall–Kier alpha value is -1.58. The van der Waals surface area contributed by atoms with Gasteiger partial charge >= 0.3 is 0 Å². The lowest BCUT2D eigenvalue weighted by atomic mass is 10.1. The summed E-state index contributed by atoms with van der Waals surface area (Å²) >= 11 is 0. The van der Waals surface area contributed by atoms with Gasteiger partial charge in [-0.3, -0.25) is 4.79 Å². The van der Waals surface area contributed by atoms with Crippen LogP contribution in [0.2, 0.25) is 0 Å². The van der Waals surface area contributed by atoms with E-state index in [9.17, 15) is 9.18 Å². The van der Waals surface area contributed by atoms with Crippen LogP contribution in [0.15, 0.2) is 6.07 Å². The Kier molecular flexibility index (Phi) is 2.58. The molecule has 0 spiro atoms. The van der Waals surface area contributed by atoms with E-state index < -0.39 is 5.82 Å². The van der Waals surface area contributed by atoms with Crippen LogP contribution in [0, 0.1) is 11.7 Å². The molecule has 0 heterocycles. The molecule has 1 aromatic rings. The smallest absolute Gasteiger partial charge is 0.197 e. The Morgan fingerprint density at radius 3 is 2.62 bits per heavy atom. The molecule has 0 amide bonds. The molecule has 0 N–H and O–H groups in total. The number of hydrogen-bond acceptors (Lipinski definition) is 3. The van der Waals surface area contributed by atoms with E-state index in [0.29, 0.717) is 17.5 Å². The van der Waals surface area contributed by atoms with Gasteiger partial charge in [0.15, 0.2) is 23.1 Å². The van der Waals surface area contributed by atoms with Gasteiger partial charge in [-0.25, -0.2) is 4.39 Å². The average Bonchev–Trinajstić information content (AvgIpc) is 2.56. The van der Waals surface area contributed by atoms with E-state index in [0.717, 1.165) is 0 Å². The monoisotopic (exact) mass is 224 g/mol. The Balaban J connectivity index is 2.66. The molecule has 16 heavy (non-hydrogen) atoms. The van der Waals surface area contributed by atoms with Crippen molar-refractivity contribution in [3.05, 3.63) is 23.0 Å². The molecule has 0 aliphatic heterocycles. The van der Waals surface area contributed by atoms with Gasteiger partial charge in [0.25, 0.3) is 0 Å². The normalized spacial score (nSPS) is 18.5. The molecule has 86 valence electrons. The van der Waals surface area contributed by atoms with Gasteiger partial charge < -0.3 is 9.47 Å². The quantitative estimate of drug-likeness (QED) is 0.772. The molecule has 4 heteroatoms. The fraction of sp³-hybridized carbons (Fsp3) is 0.417. The lowest BCUT2D eigenvalue weighted by Crippen LogP contribution is -2.03. The molecule has 0 saturated carbocycles. The third-order valence-corrected chi connectivity index (χ3v) is 2.94. The second kappa shape index (κ2) is 3.77. The van der Waals surface area contributed by atoms with Gasteiger partial charge in [-0.1, -0.05) is 6.92 Å². The van der Waals surface area contributed by atoms with Crippen LogP contribution >= 0.6 is 0 Å². The zero-order valence-corrected chi connectivity index (χ0v) is 9.46. The first-order valence-corrected chi connectivity index (χ1v) is 5.07. The van der Waals surface area contributed by atoms with Gasteiger partial charge in [-0.15, -0.1) is 0 Å². The first-order chi connectivity index (χ1) is 7.60. The lowest BCUT2D eigenvalue weighted by Gasteiger charge is -2.11. The predicted molar refractivity (Wildman–Crippen MR) is 56.7 cm³/mol. The Morgan fingerprint density at radius 1 is 1.38 bits per heavy atom. The number of ether oxygens (including phenoxy) is 2. The van der Waals surface area contributed by atoms with Crippen LogP contribution in [0.1, 0.15) is 22.8 Å². The molecule has 1 aliphatic carbocycles. The van der Waals surface area contributed by atoms with E-state index in [1.165, 1.54) is 14.2 Å². The van der Waals surface area contributed by atoms with Crippen molar-refractivity contribution in [3.8, 4) is 11.5 Å². The van der Waals surface area contributed by atoms with Crippen LogP contribution in [0.25, 0.3) is 0 Å². The minimum atomic E-state index is -0.477. The van der Waals surface area contributed by atoms with Gasteiger partial charge in [0.2, 0.25) is 0 Å². The Morgan fingerprint density at radius 2 is 2.06 bits per heavy atom. The summed E-state index contributed by atoms with van der Waals surface area (Å²) in [5.41, 5.74) is 0.859. The van der Waals surface area contributed by atoms with E-state index in [2.05, 4.69) is 0 Å². The minimum absolute atomic E-state index is 0.0325. The van der Waals surface area contributed by atoms with E-state index >= 15 is 0 Å². The SMILES string of the molecule is COc1cc2c(c(F)c1OC)CC(C)C2=O. The van der Waals surface area contributed by atoms with Crippen molar-refractivity contribution < 1.29 is 18.7 Å². The maximum atomic E-state index is 14.0. The number of Topliss-reactive ketones (excluding diaryl/α,β-unsaturated/α-hetero) is 1. The van der Waals surface area contributed by atoms with Crippen LogP contribution in [-0.2, 0) is 6.42 Å². The molecule has 0 bridgehead atoms. The summed E-state index contributed by atoms with van der Waals surface area (Å²) in [6, 6.07) is 1.56. The standard InChI is InChI=1S/C12H13FO3/c1-6-4-7-8(11(6)14)5-9(15-2)12(16-3)10(7)13/h5-6H,4H2,1-3H3. The van der Waals surface area contributed by atoms with Crippen LogP contribution in [0.4, 0.5) is 4.39 Å². The molecule has 1 aliphatic rings. The molecular formula is C12H13FO3. The van der Waals surface area contributed by atoms with Crippen molar-refractivity contribution in [2.24, 2.45) is 5.92 Å². The summed E-state index contributed by atoms with van der Waals surface area (Å²) in [6.07, 6.45) is 0.431. The number of methoxy groups -OCH3 is 2. The maximum absolute atomic E-state index is 14.0. The molecule has 0 fully saturated rings. The molecule has 0 aromatic heterocycles. The van der Waals surface area contributed by atoms with E-state index in [1.54, 1.807) is 13.0 Å². The number of hydrogen-bond donors (Lipinski definition) is 0. The molecular weight excluding hydrogens is 211 g/mol. The highest BCUT2D eigenvalue weighted by molar-refractivity contribution is 6.02. The maximum Gasteiger partial charge on any atom is 0.197 e. The van der Waals surface area contributed by atoms with Crippen LogP contribution < -0.4 is 9.47 Å². The second-order valence-corrected chi connectivity index (χ2v) is 3.92. The first kappa shape index (κ1) is 10.9. The van der Waals surface area contributed by atoms with Crippen molar-refractivity contribution in [1.82, 2.24) is 0 Å². The van der Waals surface area contributed by atoms with Gasteiger partial charge in [0.05, 0.1) is 14.2 Å². The zero-order chi connectivity index (χ0) is 11.9. The summed E-state index contributed by atoms with van der Waals surface area (Å²) in [5, 5.41) is 0. The van der Waals surface area contributed by atoms with E-state index in [-0.39, 0.29) is 23.2 Å². The molecule has 1 atom stereocenters. The highest BCUT2D eigenvalue weighted by atomic mass is 19.1. The molecule has 0 saturated heterocycles. The zero-order valence-electron chi connectivity index (χ0n) is 9.46. The number of carbonyl (C=O) groups is 1. The predicted octanol–water partition coefficient (Wildman–Crippen LogP) is 2.22. The highest BCUT2D eigenvalue weighted by Crippen LogP contribution is 2.39. The molecule has 1 aromatic carbocycles. The van der Waals surface area contributed by atoms with Gasteiger partial charge in [0, 0.05) is 17.0 Å². The van der Waals surface area contributed by atoms with E-state index in [4.69, 9.17) is 9.47 Å². The third kappa shape index (κ3) is 1.37. The lowest BCUT2D eigenvalue weighted by molar-refractivity contribution is 0.0946. The molecule has 3 nitrogen and oxygen atoms in total. The fourth-order valence-electron chi connectivity index (χ4n) is 2.07. The minimum Gasteiger partial charge on any atom is -0.493 e. The number of rotatable bonds is 2. The topological polar surface area (TPSA) is 35.5 Å². The number of fused-ring (bicyclic) bond motifs is 1. The number of ketones is 1. The van der Waals surface area contributed by atoms with Crippen molar-refractivity contribution >= 4 is 5.78 Å². The van der Waals surface area contributed by atoms with Crippen LogP contribution in [0.5, 0.6) is 11.5 Å². The van der Waals surface area contributed by atoms with Gasteiger partial charge in [-0.2, -0.15) is 0 Å². The molecule has 1 unspecified atom stereocenters. The average molecular weight is 224 g/mol. The van der Waals surface area contributed by atoms with Crippen molar-refractivity contribution in [1.29, 1.82) is 0 Å². The largest absolute Gasteiger partial charge is 0.493 e. The summed E-state index contributed by atoms with van der Waals surface area (Å²) in [6.45, 7) is 1.79. The van der Waals surface area contributed by atoms with E-state index in [1.807, 2.05) is 0 Å². The summed E-state index contributed by atoms with van der Waals surface area (Å²) < 4.78 is 24.0. The number of benzene rings is 1. The number of carbonyl (C=O) groups excluding carboxylic acids is 1. The molecule has 0 radical (unpaired) electrons. The third-order valence-electron chi connectivity index (χ3n) is 2.94. The van der Waals surface area contributed by atoms with Gasteiger partial charge in [-0.05, 0) is 12.5 Å². The fourth-order valence-corrected chi connectivity index (χ4v) is 2.07. The summed E-state index contributed by atoms with van der Waals surface area (Å²) in [4.78, 5) is 11.8. The first-order valence-electron chi connectivity index (χ1n) is 5.07. The summed E-state index contributed by atoms with van der Waals surface area (Å²) in [7, 11) is 2.81. The second-order valence-electron chi connectivity index (χ2n) is 3.92.